The highest BCUT2D eigenvalue weighted by atomic mass is 16.5. The van der Waals surface area contributed by atoms with Gasteiger partial charge in [0.15, 0.2) is 0 Å². The van der Waals surface area contributed by atoms with Crippen LogP contribution in [0.15, 0.2) is 84.9 Å². The fourth-order valence-electron chi connectivity index (χ4n) is 6.16. The van der Waals surface area contributed by atoms with Gasteiger partial charge in [0.2, 0.25) is 0 Å². The molecule has 4 nitrogen and oxygen atoms in total. The molecule has 3 aromatic carbocycles. The molecule has 1 heterocycles. The number of rotatable bonds is 22. The van der Waals surface area contributed by atoms with E-state index in [1.807, 2.05) is 0 Å². The number of benzene rings is 3. The van der Waals surface area contributed by atoms with Crippen LogP contribution in [0.1, 0.15) is 105 Å². The first-order valence-electron chi connectivity index (χ1n) is 18.5. The van der Waals surface area contributed by atoms with E-state index in [4.69, 9.17) is 14.5 Å². The predicted octanol–water partition coefficient (Wildman–Crippen LogP) is 12.4. The summed E-state index contributed by atoms with van der Waals surface area (Å²) in [6.45, 7) is 12.4. The van der Waals surface area contributed by atoms with E-state index in [0.717, 1.165) is 78.7 Å². The minimum absolute atomic E-state index is 0.720. The maximum atomic E-state index is 6.41. The molecule has 47 heavy (non-hydrogen) atoms. The molecule has 4 aromatic rings. The van der Waals surface area contributed by atoms with Gasteiger partial charge >= 0.3 is 0 Å². The van der Waals surface area contributed by atoms with Gasteiger partial charge in [-0.1, -0.05) is 114 Å². The Balaban J connectivity index is 1.64. The van der Waals surface area contributed by atoms with Gasteiger partial charge in [-0.3, -0.25) is 0 Å². The molecule has 0 saturated carbocycles. The third kappa shape index (κ3) is 11.2. The molecule has 0 aliphatic carbocycles. The number of aromatic nitrogens is 1. The molecule has 0 spiro atoms. The lowest BCUT2D eigenvalue weighted by atomic mass is 9.99. The smallest absolute Gasteiger partial charge is 0.128 e. The SMILES string of the molecule is CCCCCCCCOc1ccccc1-c1cc(-c2ccc(N(CC)CC)cc2)cc(-c2ccccc2OCCCCCCCC)n1. The second kappa shape index (κ2) is 20.4. The van der Waals surface area contributed by atoms with E-state index in [1.165, 1.54) is 75.5 Å². The Bertz CT molecular complexity index is 1360. The van der Waals surface area contributed by atoms with E-state index in [9.17, 15) is 0 Å². The molecule has 4 rings (SSSR count). The summed E-state index contributed by atoms with van der Waals surface area (Å²) in [6, 6.07) is 30.1. The Hall–Kier alpha value is -3.79. The molecule has 0 aliphatic rings. The number of pyridine rings is 1. The zero-order chi connectivity index (χ0) is 33.1. The Morgan fingerprint density at radius 1 is 0.489 bits per heavy atom. The quantitative estimate of drug-likeness (QED) is 0.0806. The van der Waals surface area contributed by atoms with Crippen LogP contribution in [0.25, 0.3) is 33.6 Å². The monoisotopic (exact) mass is 634 g/mol. The Morgan fingerprint density at radius 2 is 0.936 bits per heavy atom. The molecule has 4 heteroatoms. The summed E-state index contributed by atoms with van der Waals surface area (Å²) in [5, 5.41) is 0. The molecule has 252 valence electrons. The number of unbranched alkanes of at least 4 members (excludes halogenated alkanes) is 10. The van der Waals surface area contributed by atoms with Crippen LogP contribution in [0, 0.1) is 0 Å². The van der Waals surface area contributed by atoms with Gasteiger partial charge in [-0.25, -0.2) is 4.98 Å². The van der Waals surface area contributed by atoms with Crippen molar-refractivity contribution in [2.24, 2.45) is 0 Å². The average molecular weight is 635 g/mol. The van der Waals surface area contributed by atoms with Gasteiger partial charge in [-0.15, -0.1) is 0 Å². The Morgan fingerprint density at radius 3 is 1.40 bits per heavy atom. The highest BCUT2D eigenvalue weighted by Crippen LogP contribution is 2.37. The van der Waals surface area contributed by atoms with Crippen molar-refractivity contribution in [2.75, 3.05) is 31.2 Å². The predicted molar refractivity (Wildman–Crippen MR) is 202 cm³/mol. The standard InChI is InChI=1S/C43H58N2O2/c1-5-9-11-13-15-21-31-46-42-25-19-17-23-38(42)40-33-36(35-27-29-37(30-28-35)45(7-3)8-4)34-41(44-40)39-24-18-20-26-43(39)47-32-22-16-14-12-10-6-2/h17-20,23-30,33-34H,5-16,21-22,31-32H2,1-4H3. The summed E-state index contributed by atoms with van der Waals surface area (Å²) in [5.41, 5.74) is 7.41. The highest BCUT2D eigenvalue weighted by molar-refractivity contribution is 5.80. The van der Waals surface area contributed by atoms with Crippen LogP contribution in [-0.2, 0) is 0 Å². The second-order valence-electron chi connectivity index (χ2n) is 12.6. The Kier molecular flexibility index (Phi) is 15.7. The van der Waals surface area contributed by atoms with Gasteiger partial charge in [0.1, 0.15) is 11.5 Å². The minimum Gasteiger partial charge on any atom is -0.493 e. The maximum absolute atomic E-state index is 6.41. The second-order valence-corrected chi connectivity index (χ2v) is 12.6. The van der Waals surface area contributed by atoms with Crippen molar-refractivity contribution in [1.82, 2.24) is 4.98 Å². The largest absolute Gasteiger partial charge is 0.493 e. The third-order valence-electron chi connectivity index (χ3n) is 8.99. The van der Waals surface area contributed by atoms with Gasteiger partial charge in [0.25, 0.3) is 0 Å². The summed E-state index contributed by atoms with van der Waals surface area (Å²) in [4.78, 5) is 7.66. The third-order valence-corrected chi connectivity index (χ3v) is 8.99. The van der Waals surface area contributed by atoms with Gasteiger partial charge in [-0.2, -0.15) is 0 Å². The minimum atomic E-state index is 0.720. The van der Waals surface area contributed by atoms with Crippen LogP contribution in [0.2, 0.25) is 0 Å². The molecule has 0 bridgehead atoms. The number of ether oxygens (including phenoxy) is 2. The number of hydrogen-bond acceptors (Lipinski definition) is 4. The van der Waals surface area contributed by atoms with Crippen LogP contribution in [-0.4, -0.2) is 31.3 Å². The molecule has 0 saturated heterocycles. The first-order chi connectivity index (χ1) is 23.2. The molecule has 0 unspecified atom stereocenters. The van der Waals surface area contributed by atoms with Crippen molar-refractivity contribution in [3.63, 3.8) is 0 Å². The average Bonchev–Trinajstić information content (AvgIpc) is 3.12. The molecule has 0 fully saturated rings. The van der Waals surface area contributed by atoms with E-state index < -0.39 is 0 Å². The van der Waals surface area contributed by atoms with Crippen molar-refractivity contribution in [1.29, 1.82) is 0 Å². The van der Waals surface area contributed by atoms with Crippen molar-refractivity contribution in [2.45, 2.75) is 105 Å². The summed E-state index contributed by atoms with van der Waals surface area (Å²) in [6.07, 6.45) is 14.9. The zero-order valence-electron chi connectivity index (χ0n) is 29.6. The summed E-state index contributed by atoms with van der Waals surface area (Å²) in [7, 11) is 0. The molecule has 0 radical (unpaired) electrons. The van der Waals surface area contributed by atoms with Crippen LogP contribution < -0.4 is 14.4 Å². The van der Waals surface area contributed by atoms with Gasteiger partial charge < -0.3 is 14.4 Å². The van der Waals surface area contributed by atoms with Crippen molar-refractivity contribution < 1.29 is 9.47 Å². The molecule has 0 amide bonds. The Labute approximate surface area is 285 Å². The van der Waals surface area contributed by atoms with E-state index >= 15 is 0 Å². The number of para-hydroxylation sites is 2. The van der Waals surface area contributed by atoms with E-state index in [0.29, 0.717) is 0 Å². The van der Waals surface area contributed by atoms with Gasteiger partial charge in [-0.05, 0) is 86.3 Å². The van der Waals surface area contributed by atoms with E-state index in [2.05, 4.69) is 118 Å². The van der Waals surface area contributed by atoms with Gasteiger partial charge in [0.05, 0.1) is 24.6 Å². The molecule has 0 atom stereocenters. The van der Waals surface area contributed by atoms with Crippen molar-refractivity contribution >= 4 is 5.69 Å². The molecule has 0 N–H and O–H groups in total. The fraction of sp³-hybridized carbons (Fsp3) is 0.465. The molecule has 0 aliphatic heterocycles. The normalized spacial score (nSPS) is 11.1. The zero-order valence-corrected chi connectivity index (χ0v) is 29.6. The van der Waals surface area contributed by atoms with E-state index in [-0.39, 0.29) is 0 Å². The van der Waals surface area contributed by atoms with Crippen LogP contribution in [0.3, 0.4) is 0 Å². The maximum Gasteiger partial charge on any atom is 0.128 e. The lowest BCUT2D eigenvalue weighted by Gasteiger charge is -2.21. The summed E-state index contributed by atoms with van der Waals surface area (Å²) in [5.74, 6) is 1.78. The first-order valence-corrected chi connectivity index (χ1v) is 18.5. The lowest BCUT2D eigenvalue weighted by molar-refractivity contribution is 0.305. The molecular weight excluding hydrogens is 576 g/mol. The number of anilines is 1. The van der Waals surface area contributed by atoms with Crippen LogP contribution in [0.4, 0.5) is 5.69 Å². The molecular formula is C43H58N2O2. The number of nitrogens with zero attached hydrogens (tertiary/aromatic N) is 2. The van der Waals surface area contributed by atoms with Crippen LogP contribution in [0.5, 0.6) is 11.5 Å². The number of hydrogen-bond donors (Lipinski definition) is 0. The fourth-order valence-corrected chi connectivity index (χ4v) is 6.16. The highest BCUT2D eigenvalue weighted by Gasteiger charge is 2.15. The van der Waals surface area contributed by atoms with Crippen molar-refractivity contribution in [3.05, 3.63) is 84.9 Å². The van der Waals surface area contributed by atoms with Gasteiger partial charge in [0, 0.05) is 29.9 Å². The van der Waals surface area contributed by atoms with Crippen molar-refractivity contribution in [3.8, 4) is 45.1 Å². The first kappa shape index (κ1) is 36.1. The summed E-state index contributed by atoms with van der Waals surface area (Å²) < 4.78 is 12.8. The topological polar surface area (TPSA) is 34.6 Å². The van der Waals surface area contributed by atoms with Crippen LogP contribution >= 0.6 is 0 Å². The molecule has 1 aromatic heterocycles. The lowest BCUT2D eigenvalue weighted by Crippen LogP contribution is -2.21. The van der Waals surface area contributed by atoms with E-state index in [1.54, 1.807) is 0 Å². The summed E-state index contributed by atoms with van der Waals surface area (Å²) >= 11 is 0.